The summed E-state index contributed by atoms with van der Waals surface area (Å²) in [6, 6.07) is 1.69. The SMILES string of the molecule is CCOc1ccc(C(NC)C(F)(F)C(F)(F)F)c(Br)c1. The number of rotatable bonds is 5. The molecule has 0 spiro atoms. The van der Waals surface area contributed by atoms with Crippen LogP contribution < -0.4 is 10.1 Å². The number of benzene rings is 1. The largest absolute Gasteiger partial charge is 0.494 e. The van der Waals surface area contributed by atoms with E-state index in [0.717, 1.165) is 7.05 Å². The Morgan fingerprint density at radius 3 is 2.25 bits per heavy atom. The Labute approximate surface area is 121 Å². The topological polar surface area (TPSA) is 21.3 Å². The molecule has 0 amide bonds. The molecule has 1 N–H and O–H groups in total. The summed E-state index contributed by atoms with van der Waals surface area (Å²) >= 11 is 3.00. The van der Waals surface area contributed by atoms with Crippen molar-refractivity contribution in [3.8, 4) is 5.75 Å². The molecule has 0 radical (unpaired) electrons. The van der Waals surface area contributed by atoms with Gasteiger partial charge in [-0.2, -0.15) is 22.0 Å². The zero-order valence-corrected chi connectivity index (χ0v) is 12.3. The molecule has 114 valence electrons. The standard InChI is InChI=1S/C12H13BrF5NO/c1-3-20-7-4-5-8(9(13)6-7)10(19-2)11(14,15)12(16,17)18/h4-6,10,19H,3H2,1-2H3. The molecule has 1 atom stereocenters. The van der Waals surface area contributed by atoms with Crippen LogP contribution in [-0.4, -0.2) is 25.8 Å². The highest BCUT2D eigenvalue weighted by atomic mass is 79.9. The Morgan fingerprint density at radius 2 is 1.85 bits per heavy atom. The van der Waals surface area contributed by atoms with Gasteiger partial charge in [0.15, 0.2) is 0 Å². The molecular formula is C12H13BrF5NO. The van der Waals surface area contributed by atoms with Crippen LogP contribution >= 0.6 is 15.9 Å². The molecule has 0 aliphatic carbocycles. The maximum Gasteiger partial charge on any atom is 0.455 e. The smallest absolute Gasteiger partial charge is 0.455 e. The minimum Gasteiger partial charge on any atom is -0.494 e. The van der Waals surface area contributed by atoms with Crippen molar-refractivity contribution in [2.75, 3.05) is 13.7 Å². The van der Waals surface area contributed by atoms with Gasteiger partial charge in [0.05, 0.1) is 6.61 Å². The number of alkyl halides is 5. The molecule has 1 aromatic rings. The van der Waals surface area contributed by atoms with Gasteiger partial charge < -0.3 is 10.1 Å². The molecule has 0 heterocycles. The summed E-state index contributed by atoms with van der Waals surface area (Å²) in [5.74, 6) is -4.51. The van der Waals surface area contributed by atoms with E-state index in [-0.39, 0.29) is 10.0 Å². The Hall–Kier alpha value is -0.890. The van der Waals surface area contributed by atoms with E-state index in [1.165, 1.54) is 18.2 Å². The van der Waals surface area contributed by atoms with Crippen molar-refractivity contribution < 1.29 is 26.7 Å². The molecule has 0 aliphatic heterocycles. The molecule has 0 saturated carbocycles. The van der Waals surface area contributed by atoms with Crippen molar-refractivity contribution in [3.05, 3.63) is 28.2 Å². The summed E-state index contributed by atoms with van der Waals surface area (Å²) in [4.78, 5) is 0. The van der Waals surface area contributed by atoms with Gasteiger partial charge in [-0.1, -0.05) is 22.0 Å². The fraction of sp³-hybridized carbons (Fsp3) is 0.500. The summed E-state index contributed by atoms with van der Waals surface area (Å²) in [7, 11) is 1.05. The maximum atomic E-state index is 13.5. The minimum atomic E-state index is -5.64. The van der Waals surface area contributed by atoms with Gasteiger partial charge in [-0.15, -0.1) is 0 Å². The molecule has 1 unspecified atom stereocenters. The van der Waals surface area contributed by atoms with Crippen LogP contribution in [0.15, 0.2) is 22.7 Å². The summed E-state index contributed by atoms with van der Waals surface area (Å²) in [6.07, 6.45) is -5.64. The van der Waals surface area contributed by atoms with E-state index in [1.807, 2.05) is 5.32 Å². The number of hydrogen-bond donors (Lipinski definition) is 1. The summed E-state index contributed by atoms with van der Waals surface area (Å²) < 4.78 is 69.6. The van der Waals surface area contributed by atoms with Crippen molar-refractivity contribution in [1.29, 1.82) is 0 Å². The molecule has 0 fully saturated rings. The molecule has 1 aromatic carbocycles. The van der Waals surface area contributed by atoms with E-state index < -0.39 is 18.1 Å². The van der Waals surface area contributed by atoms with E-state index in [9.17, 15) is 22.0 Å². The van der Waals surface area contributed by atoms with Crippen molar-refractivity contribution >= 4 is 15.9 Å². The molecule has 8 heteroatoms. The second-order valence-corrected chi connectivity index (χ2v) is 4.81. The molecule has 2 nitrogen and oxygen atoms in total. The van der Waals surface area contributed by atoms with Crippen molar-refractivity contribution in [1.82, 2.24) is 5.32 Å². The summed E-state index contributed by atoms with van der Waals surface area (Å²) in [6.45, 7) is 2.09. The number of nitrogens with one attached hydrogen (secondary N) is 1. The van der Waals surface area contributed by atoms with E-state index in [1.54, 1.807) is 6.92 Å². The predicted molar refractivity (Wildman–Crippen MR) is 68.1 cm³/mol. The lowest BCUT2D eigenvalue weighted by Gasteiger charge is -2.29. The highest BCUT2D eigenvalue weighted by molar-refractivity contribution is 9.10. The first-order valence-corrected chi connectivity index (χ1v) is 6.48. The highest BCUT2D eigenvalue weighted by Gasteiger charge is 2.62. The fourth-order valence-electron chi connectivity index (χ4n) is 1.69. The van der Waals surface area contributed by atoms with Gasteiger partial charge in [-0.05, 0) is 31.7 Å². The van der Waals surface area contributed by atoms with Gasteiger partial charge in [0.2, 0.25) is 0 Å². The second-order valence-electron chi connectivity index (χ2n) is 3.96. The highest BCUT2D eigenvalue weighted by Crippen LogP contribution is 2.46. The van der Waals surface area contributed by atoms with E-state index in [0.29, 0.717) is 12.4 Å². The van der Waals surface area contributed by atoms with Gasteiger partial charge in [0.25, 0.3) is 0 Å². The molecule has 1 rings (SSSR count). The lowest BCUT2D eigenvalue weighted by atomic mass is 10.00. The quantitative estimate of drug-likeness (QED) is 0.789. The third-order valence-corrected chi connectivity index (χ3v) is 3.31. The Balaban J connectivity index is 3.20. The van der Waals surface area contributed by atoms with Crippen molar-refractivity contribution in [3.63, 3.8) is 0 Å². The van der Waals surface area contributed by atoms with Crippen LogP contribution in [0.25, 0.3) is 0 Å². The number of hydrogen-bond acceptors (Lipinski definition) is 2. The third kappa shape index (κ3) is 3.41. The van der Waals surface area contributed by atoms with Crippen LogP contribution in [0.3, 0.4) is 0 Å². The van der Waals surface area contributed by atoms with Crippen LogP contribution in [0.4, 0.5) is 22.0 Å². The molecular weight excluding hydrogens is 349 g/mol. The Kier molecular flexibility index (Phi) is 5.37. The third-order valence-electron chi connectivity index (χ3n) is 2.62. The van der Waals surface area contributed by atoms with Crippen molar-refractivity contribution in [2.45, 2.75) is 25.1 Å². The van der Waals surface area contributed by atoms with Gasteiger partial charge >= 0.3 is 12.1 Å². The van der Waals surface area contributed by atoms with Gasteiger partial charge in [0, 0.05) is 4.47 Å². The first kappa shape index (κ1) is 17.2. The van der Waals surface area contributed by atoms with Gasteiger partial charge in [-0.25, -0.2) is 0 Å². The van der Waals surface area contributed by atoms with Gasteiger partial charge in [0.1, 0.15) is 11.8 Å². The Morgan fingerprint density at radius 1 is 1.25 bits per heavy atom. The van der Waals surface area contributed by atoms with Crippen molar-refractivity contribution in [2.24, 2.45) is 0 Å². The van der Waals surface area contributed by atoms with Crippen LogP contribution in [0.1, 0.15) is 18.5 Å². The fourth-order valence-corrected chi connectivity index (χ4v) is 2.28. The lowest BCUT2D eigenvalue weighted by Crippen LogP contribution is -2.47. The number of halogens is 6. The average molecular weight is 362 g/mol. The normalized spacial score (nSPS) is 14.2. The van der Waals surface area contributed by atoms with E-state index in [2.05, 4.69) is 15.9 Å². The van der Waals surface area contributed by atoms with E-state index in [4.69, 9.17) is 4.74 Å². The first-order valence-electron chi connectivity index (χ1n) is 5.69. The van der Waals surface area contributed by atoms with Gasteiger partial charge in [-0.3, -0.25) is 0 Å². The lowest BCUT2D eigenvalue weighted by molar-refractivity contribution is -0.294. The van der Waals surface area contributed by atoms with Crippen LogP contribution in [-0.2, 0) is 0 Å². The van der Waals surface area contributed by atoms with Crippen LogP contribution in [0.2, 0.25) is 0 Å². The zero-order valence-electron chi connectivity index (χ0n) is 10.7. The van der Waals surface area contributed by atoms with E-state index >= 15 is 0 Å². The minimum absolute atomic E-state index is 0.117. The maximum absolute atomic E-state index is 13.5. The second kappa shape index (κ2) is 6.26. The van der Waals surface area contributed by atoms with Crippen LogP contribution in [0, 0.1) is 0 Å². The zero-order chi connectivity index (χ0) is 15.6. The summed E-state index contributed by atoms with van der Waals surface area (Å²) in [5, 5.41) is 2.02. The first-order chi connectivity index (χ1) is 9.15. The summed E-state index contributed by atoms with van der Waals surface area (Å²) in [5.41, 5.74) is -0.196. The monoisotopic (exact) mass is 361 g/mol. The molecule has 0 saturated heterocycles. The Bertz CT molecular complexity index is 464. The molecule has 20 heavy (non-hydrogen) atoms. The molecule has 0 bridgehead atoms. The predicted octanol–water partition coefficient (Wildman–Crippen LogP) is 4.31. The van der Waals surface area contributed by atoms with Crippen LogP contribution in [0.5, 0.6) is 5.75 Å². The molecule has 0 aliphatic rings. The average Bonchev–Trinajstić information content (AvgIpc) is 2.31. The number of ether oxygens (including phenoxy) is 1. The molecule has 0 aromatic heterocycles.